The van der Waals surface area contributed by atoms with Gasteiger partial charge in [-0.3, -0.25) is 0 Å². The predicted molar refractivity (Wildman–Crippen MR) is 70.4 cm³/mol. The second-order valence-electron chi connectivity index (χ2n) is 4.14. The summed E-state index contributed by atoms with van der Waals surface area (Å²) < 4.78 is 47.0. The lowest BCUT2D eigenvalue weighted by molar-refractivity contribution is 0.457. The number of rotatable bonds is 9. The smallest absolute Gasteiger partial charge is 0.226 e. The molecule has 0 saturated heterocycles. The minimum atomic E-state index is -3.75. The van der Waals surface area contributed by atoms with Gasteiger partial charge >= 0.3 is 0 Å². The van der Waals surface area contributed by atoms with E-state index >= 15 is 0 Å². The van der Waals surface area contributed by atoms with Gasteiger partial charge in [0.2, 0.25) is 10.0 Å². The van der Waals surface area contributed by atoms with Crippen LogP contribution in [0.3, 0.4) is 0 Å². The monoisotopic (exact) mass is 305 g/mol. The Morgan fingerprint density at radius 1 is 1.18 bits per heavy atom. The Labute approximate surface area is 109 Å². The van der Waals surface area contributed by atoms with E-state index in [2.05, 4.69) is 4.72 Å². The molecule has 104 valence electrons. The van der Waals surface area contributed by atoms with E-state index in [9.17, 15) is 16.8 Å². The van der Waals surface area contributed by atoms with Crippen LogP contribution in [0, 0.1) is 5.92 Å². The number of hydrogen-bond acceptors (Lipinski definition) is 4. The first-order valence-electron chi connectivity index (χ1n) is 5.41. The van der Waals surface area contributed by atoms with Crippen molar-refractivity contribution in [3.8, 4) is 0 Å². The molecule has 0 radical (unpaired) electrons. The Kier molecular flexibility index (Phi) is 7.62. The van der Waals surface area contributed by atoms with Crippen LogP contribution in [-0.2, 0) is 19.9 Å². The van der Waals surface area contributed by atoms with E-state index in [4.69, 9.17) is 11.6 Å². The molecule has 5 nitrogen and oxygen atoms in total. The fourth-order valence-electron chi connectivity index (χ4n) is 1.48. The number of halogens is 1. The molecule has 0 fully saturated rings. The first-order valence-corrected chi connectivity index (χ1v) is 9.66. The molecule has 0 heterocycles. The van der Waals surface area contributed by atoms with Crippen molar-refractivity contribution >= 4 is 31.5 Å². The summed E-state index contributed by atoms with van der Waals surface area (Å²) in [5, 5.41) is -0.861. The summed E-state index contributed by atoms with van der Waals surface area (Å²) >= 11 is 5.62. The van der Waals surface area contributed by atoms with Crippen molar-refractivity contribution in [2.24, 2.45) is 5.92 Å². The standard InChI is InChI=1S/C9H20ClNO4S2/c1-3-4-9(5-6-10)7-11-17(14,15)8-16(2,12)13/h9,11H,3-8H2,1-2H3. The second kappa shape index (κ2) is 7.56. The van der Waals surface area contributed by atoms with E-state index in [1.807, 2.05) is 6.92 Å². The van der Waals surface area contributed by atoms with Gasteiger partial charge in [-0.05, 0) is 18.8 Å². The highest BCUT2D eigenvalue weighted by molar-refractivity contribution is 8.06. The second-order valence-corrected chi connectivity index (χ2v) is 8.83. The van der Waals surface area contributed by atoms with Crippen LogP contribution in [0.5, 0.6) is 0 Å². The number of hydrogen-bond donors (Lipinski definition) is 1. The van der Waals surface area contributed by atoms with Crippen LogP contribution in [0.25, 0.3) is 0 Å². The number of sulfonamides is 1. The zero-order chi connectivity index (χ0) is 13.5. The van der Waals surface area contributed by atoms with Crippen molar-refractivity contribution in [2.75, 3.05) is 23.8 Å². The maximum Gasteiger partial charge on any atom is 0.226 e. The molecule has 0 aromatic carbocycles. The molecule has 0 aliphatic heterocycles. The van der Waals surface area contributed by atoms with Gasteiger partial charge in [-0.15, -0.1) is 11.6 Å². The van der Waals surface area contributed by atoms with E-state index < -0.39 is 24.9 Å². The van der Waals surface area contributed by atoms with Gasteiger partial charge in [-0.2, -0.15) is 0 Å². The Morgan fingerprint density at radius 2 is 1.76 bits per heavy atom. The summed E-state index contributed by atoms with van der Waals surface area (Å²) in [4.78, 5) is 0. The summed E-state index contributed by atoms with van der Waals surface area (Å²) in [7, 11) is -7.28. The number of alkyl halides is 1. The predicted octanol–water partition coefficient (Wildman–Crippen LogP) is 0.953. The van der Waals surface area contributed by atoms with Gasteiger partial charge in [0.25, 0.3) is 0 Å². The van der Waals surface area contributed by atoms with Crippen molar-refractivity contribution in [1.29, 1.82) is 0 Å². The number of nitrogens with one attached hydrogen (secondary N) is 1. The average Bonchev–Trinajstić information content (AvgIpc) is 2.11. The third kappa shape index (κ3) is 9.82. The van der Waals surface area contributed by atoms with Crippen molar-refractivity contribution in [2.45, 2.75) is 26.2 Å². The van der Waals surface area contributed by atoms with Gasteiger partial charge < -0.3 is 0 Å². The summed E-state index contributed by atoms with van der Waals surface area (Å²) in [5.74, 6) is 0.630. The van der Waals surface area contributed by atoms with E-state index in [-0.39, 0.29) is 12.5 Å². The molecule has 1 N–H and O–H groups in total. The van der Waals surface area contributed by atoms with Crippen molar-refractivity contribution < 1.29 is 16.8 Å². The minimum Gasteiger partial charge on any atom is -0.228 e. The molecule has 0 spiro atoms. The minimum absolute atomic E-state index is 0.159. The largest absolute Gasteiger partial charge is 0.228 e. The summed E-state index contributed by atoms with van der Waals surface area (Å²) in [5.41, 5.74) is 0. The Balaban J connectivity index is 4.32. The van der Waals surface area contributed by atoms with Crippen LogP contribution in [0.15, 0.2) is 0 Å². The fraction of sp³-hybridized carbons (Fsp3) is 1.00. The van der Waals surface area contributed by atoms with Gasteiger partial charge in [0, 0.05) is 18.7 Å². The fourth-order valence-corrected chi connectivity index (χ4v) is 4.87. The van der Waals surface area contributed by atoms with Gasteiger partial charge in [-0.25, -0.2) is 21.6 Å². The van der Waals surface area contributed by atoms with Crippen LogP contribution in [-0.4, -0.2) is 40.6 Å². The lowest BCUT2D eigenvalue weighted by Gasteiger charge is -2.15. The SMILES string of the molecule is CCCC(CCCl)CNS(=O)(=O)CS(C)(=O)=O. The van der Waals surface area contributed by atoms with Crippen molar-refractivity contribution in [1.82, 2.24) is 4.72 Å². The maximum atomic E-state index is 11.4. The van der Waals surface area contributed by atoms with Crippen LogP contribution in [0.4, 0.5) is 0 Å². The molecular formula is C9H20ClNO4S2. The van der Waals surface area contributed by atoms with Gasteiger partial charge in [0.05, 0.1) is 0 Å². The molecule has 0 aliphatic rings. The summed E-state index contributed by atoms with van der Waals surface area (Å²) in [6.07, 6.45) is 3.43. The zero-order valence-corrected chi connectivity index (χ0v) is 12.5. The molecule has 0 aliphatic carbocycles. The first kappa shape index (κ1) is 17.2. The van der Waals surface area contributed by atoms with Gasteiger partial charge in [0.1, 0.15) is 0 Å². The maximum absolute atomic E-state index is 11.4. The molecule has 1 atom stereocenters. The molecular weight excluding hydrogens is 286 g/mol. The van der Waals surface area contributed by atoms with E-state index in [0.29, 0.717) is 5.88 Å². The van der Waals surface area contributed by atoms with Gasteiger partial charge in [-0.1, -0.05) is 13.3 Å². The van der Waals surface area contributed by atoms with Gasteiger partial charge in [0.15, 0.2) is 14.9 Å². The highest BCUT2D eigenvalue weighted by atomic mass is 35.5. The third-order valence-electron chi connectivity index (χ3n) is 2.18. The Hall–Kier alpha value is 0.150. The highest BCUT2D eigenvalue weighted by Crippen LogP contribution is 2.11. The van der Waals surface area contributed by atoms with Crippen LogP contribution in [0.1, 0.15) is 26.2 Å². The topological polar surface area (TPSA) is 80.3 Å². The molecule has 1 unspecified atom stereocenters. The lowest BCUT2D eigenvalue weighted by Crippen LogP contribution is -2.33. The molecule has 8 heteroatoms. The van der Waals surface area contributed by atoms with Crippen molar-refractivity contribution in [3.05, 3.63) is 0 Å². The molecule has 0 aromatic heterocycles. The molecule has 0 amide bonds. The number of sulfone groups is 1. The first-order chi connectivity index (χ1) is 7.70. The summed E-state index contributed by atoms with van der Waals surface area (Å²) in [6.45, 7) is 2.25. The summed E-state index contributed by atoms with van der Waals surface area (Å²) in [6, 6.07) is 0. The van der Waals surface area contributed by atoms with Crippen LogP contribution >= 0.6 is 11.6 Å². The molecule has 0 saturated carbocycles. The van der Waals surface area contributed by atoms with Crippen LogP contribution < -0.4 is 4.72 Å². The molecule has 0 rings (SSSR count). The van der Waals surface area contributed by atoms with E-state index in [1.54, 1.807) is 0 Å². The lowest BCUT2D eigenvalue weighted by atomic mass is 10.0. The normalized spacial score (nSPS) is 14.8. The quantitative estimate of drug-likeness (QED) is 0.643. The third-order valence-corrected chi connectivity index (χ3v) is 5.95. The Bertz CT molecular complexity index is 399. The van der Waals surface area contributed by atoms with Crippen LogP contribution in [0.2, 0.25) is 0 Å². The molecule has 0 bridgehead atoms. The van der Waals surface area contributed by atoms with E-state index in [1.165, 1.54) is 0 Å². The average molecular weight is 306 g/mol. The zero-order valence-electron chi connectivity index (χ0n) is 10.1. The molecule has 0 aromatic rings. The van der Waals surface area contributed by atoms with Crippen molar-refractivity contribution in [3.63, 3.8) is 0 Å². The van der Waals surface area contributed by atoms with E-state index in [0.717, 1.165) is 25.5 Å². The molecule has 17 heavy (non-hydrogen) atoms. The Morgan fingerprint density at radius 3 is 2.18 bits per heavy atom. The highest BCUT2D eigenvalue weighted by Gasteiger charge is 2.19.